The zero-order valence-corrected chi connectivity index (χ0v) is 27.8. The number of aromatic nitrogens is 1. The molecule has 0 aliphatic carbocycles. The molecule has 4 amide bonds. The molecule has 10 heteroatoms. The summed E-state index contributed by atoms with van der Waals surface area (Å²) in [6, 6.07) is 22.9. The number of nitrogens with zero attached hydrogens (tertiary/aromatic N) is 1. The predicted octanol–water partition coefficient (Wildman–Crippen LogP) is 2.71. The van der Waals surface area contributed by atoms with Gasteiger partial charge in [0.1, 0.15) is 24.2 Å². The SMILES string of the molecule is [CH2-]C1C[C@@H]2C(=O)N[C@@H](Cc3ccccc3)C(=O)N[C@@H](Cc3c[nH]c4ccccc34)C(=O)N[C@@H](Cc3ccccc3)C(=O)N2C1.[Y]. The topological polar surface area (TPSA) is 123 Å². The van der Waals surface area contributed by atoms with Gasteiger partial charge in [0.2, 0.25) is 23.6 Å². The molecule has 4 aromatic rings. The van der Waals surface area contributed by atoms with E-state index in [1.165, 1.54) is 4.90 Å². The average Bonchev–Trinajstić information content (AvgIpc) is 3.63. The molecule has 6 rings (SSSR count). The molecule has 0 saturated carbocycles. The molecule has 0 spiro atoms. The first-order valence-electron chi connectivity index (χ1n) is 15.0. The van der Waals surface area contributed by atoms with Crippen LogP contribution in [0.25, 0.3) is 10.9 Å². The number of nitrogens with one attached hydrogen (secondary N) is 4. The van der Waals surface area contributed by atoms with Crippen LogP contribution in [0.1, 0.15) is 23.1 Å². The molecular weight excluding hydrogens is 643 g/mol. The van der Waals surface area contributed by atoms with Crippen molar-refractivity contribution in [3.05, 3.63) is 115 Å². The molecule has 1 aromatic heterocycles. The van der Waals surface area contributed by atoms with Crippen LogP contribution in [-0.4, -0.2) is 64.2 Å². The maximum atomic E-state index is 14.1. The second-order valence-electron chi connectivity index (χ2n) is 11.7. The number of carbonyl (C=O) groups excluding carboxylic acids is 4. The Morgan fingerprint density at radius 3 is 1.87 bits per heavy atom. The maximum absolute atomic E-state index is 14.1. The molecule has 2 fully saturated rings. The number of para-hydroxylation sites is 1. The molecule has 1 unspecified atom stereocenters. The fraction of sp³-hybridized carbons (Fsp3) is 0.286. The van der Waals surface area contributed by atoms with Crippen LogP contribution in [0.5, 0.6) is 0 Å². The van der Waals surface area contributed by atoms with Crippen molar-refractivity contribution >= 4 is 34.5 Å². The van der Waals surface area contributed by atoms with Gasteiger partial charge in [-0.2, -0.15) is 0 Å². The van der Waals surface area contributed by atoms with Crippen LogP contribution in [0.15, 0.2) is 91.1 Å². The van der Waals surface area contributed by atoms with Crippen molar-refractivity contribution < 1.29 is 51.9 Å². The van der Waals surface area contributed by atoms with E-state index >= 15 is 0 Å². The van der Waals surface area contributed by atoms with Crippen molar-refractivity contribution in [2.45, 2.75) is 49.9 Å². The largest absolute Gasteiger partial charge is 0.361 e. The number of aromatic amines is 1. The Kier molecular flexibility index (Phi) is 10.5. The van der Waals surface area contributed by atoms with Crippen LogP contribution >= 0.6 is 0 Å². The zero-order chi connectivity index (χ0) is 30.6. The van der Waals surface area contributed by atoms with Gasteiger partial charge in [0, 0.05) is 69.1 Å². The molecule has 2 aliphatic heterocycles. The average molecular weight is 680 g/mol. The number of carbonyl (C=O) groups is 4. The smallest absolute Gasteiger partial charge is 0.246 e. The molecule has 45 heavy (non-hydrogen) atoms. The Morgan fingerprint density at radius 2 is 1.20 bits per heavy atom. The zero-order valence-electron chi connectivity index (χ0n) is 24.9. The second kappa shape index (κ2) is 14.5. The number of amides is 4. The Bertz CT molecular complexity index is 1660. The van der Waals surface area contributed by atoms with Gasteiger partial charge in [0.05, 0.1) is 0 Å². The quantitative estimate of drug-likeness (QED) is 0.234. The van der Waals surface area contributed by atoms with Crippen LogP contribution < -0.4 is 16.0 Å². The Hall–Kier alpha value is -3.82. The summed E-state index contributed by atoms with van der Waals surface area (Å²) in [7, 11) is 0. The van der Waals surface area contributed by atoms with Crippen LogP contribution in [0.3, 0.4) is 0 Å². The third-order valence-corrected chi connectivity index (χ3v) is 8.52. The molecule has 3 aromatic carbocycles. The van der Waals surface area contributed by atoms with Gasteiger partial charge < -0.3 is 32.8 Å². The van der Waals surface area contributed by atoms with Crippen molar-refractivity contribution in [2.24, 2.45) is 5.92 Å². The first kappa shape index (κ1) is 32.6. The van der Waals surface area contributed by atoms with E-state index in [1.54, 1.807) is 0 Å². The number of hydrogen-bond donors (Lipinski definition) is 4. The van der Waals surface area contributed by atoms with E-state index in [0.717, 1.165) is 27.6 Å². The van der Waals surface area contributed by atoms with E-state index in [-0.39, 0.29) is 70.3 Å². The predicted molar refractivity (Wildman–Crippen MR) is 167 cm³/mol. The van der Waals surface area contributed by atoms with Crippen LogP contribution in [0.2, 0.25) is 0 Å². The van der Waals surface area contributed by atoms with Crippen molar-refractivity contribution in [1.82, 2.24) is 25.8 Å². The minimum absolute atomic E-state index is 0. The molecule has 9 nitrogen and oxygen atoms in total. The number of fused-ring (bicyclic) bond motifs is 2. The van der Waals surface area contributed by atoms with E-state index in [2.05, 4.69) is 27.9 Å². The van der Waals surface area contributed by atoms with Gasteiger partial charge in [-0.15, -0.1) is 5.92 Å². The molecule has 4 N–H and O–H groups in total. The van der Waals surface area contributed by atoms with Gasteiger partial charge in [-0.3, -0.25) is 19.2 Å². The first-order valence-corrected chi connectivity index (χ1v) is 15.0. The minimum atomic E-state index is -1.00. The van der Waals surface area contributed by atoms with Gasteiger partial charge in [0.25, 0.3) is 0 Å². The maximum Gasteiger partial charge on any atom is 0.246 e. The third kappa shape index (κ3) is 7.53. The van der Waals surface area contributed by atoms with E-state index in [0.29, 0.717) is 6.42 Å². The molecular formula is C35H36N5O4Y-. The normalized spacial score (nSPS) is 24.0. The summed E-state index contributed by atoms with van der Waals surface area (Å²) in [5.74, 6) is -1.84. The summed E-state index contributed by atoms with van der Waals surface area (Å²) in [6.45, 7) is 4.42. The van der Waals surface area contributed by atoms with Gasteiger partial charge in [-0.1, -0.05) is 78.9 Å². The van der Waals surface area contributed by atoms with Crippen molar-refractivity contribution in [1.29, 1.82) is 0 Å². The number of hydrogen-bond acceptors (Lipinski definition) is 4. The van der Waals surface area contributed by atoms with E-state index < -0.39 is 41.9 Å². The third-order valence-electron chi connectivity index (χ3n) is 8.52. The first-order chi connectivity index (χ1) is 21.4. The van der Waals surface area contributed by atoms with Crippen LogP contribution in [0, 0.1) is 12.8 Å². The fourth-order valence-corrected chi connectivity index (χ4v) is 6.27. The Balaban J connectivity index is 0.00000400. The fourth-order valence-electron chi connectivity index (χ4n) is 6.27. The summed E-state index contributed by atoms with van der Waals surface area (Å²) in [4.78, 5) is 60.6. The molecule has 5 atom stereocenters. The van der Waals surface area contributed by atoms with E-state index in [1.807, 2.05) is 91.1 Å². The Morgan fingerprint density at radius 1 is 0.667 bits per heavy atom. The van der Waals surface area contributed by atoms with Crippen molar-refractivity contribution in [2.75, 3.05) is 6.54 Å². The van der Waals surface area contributed by atoms with Gasteiger partial charge >= 0.3 is 0 Å². The summed E-state index contributed by atoms with van der Waals surface area (Å²) in [5.41, 5.74) is 3.48. The summed E-state index contributed by atoms with van der Waals surface area (Å²) in [6.07, 6.45) is 2.85. The van der Waals surface area contributed by atoms with E-state index in [9.17, 15) is 19.2 Å². The summed E-state index contributed by atoms with van der Waals surface area (Å²) in [5, 5.41) is 9.75. The minimum Gasteiger partial charge on any atom is -0.361 e. The Labute approximate surface area is 287 Å². The molecule has 1 radical (unpaired) electrons. The standard InChI is InChI=1S/C35H36N5O4.Y/c1-22-16-31-34(43)38-28(17-23-10-4-2-5-11-23)32(41)37-29(19-25-20-36-27-15-9-8-14-26(25)27)33(42)39-30(35(44)40(31)21-22)18-24-12-6-3-7-13-24;/h2-15,20,22,28-31,36H,1,16-19,21H2,(H,37,41)(H,38,43)(H,39,42);/q-1;/t22?,28-,29-,30-,31+;/m0./s1. The van der Waals surface area contributed by atoms with Gasteiger partial charge in [-0.25, -0.2) is 0 Å². The monoisotopic (exact) mass is 679 g/mol. The number of benzene rings is 3. The van der Waals surface area contributed by atoms with Crippen LogP contribution in [-0.2, 0) is 71.1 Å². The van der Waals surface area contributed by atoms with Gasteiger partial charge in [0.15, 0.2) is 0 Å². The molecule has 0 bridgehead atoms. The summed E-state index contributed by atoms with van der Waals surface area (Å²) < 4.78 is 0. The number of rotatable bonds is 6. The van der Waals surface area contributed by atoms with Crippen molar-refractivity contribution in [3.63, 3.8) is 0 Å². The molecule has 3 heterocycles. The number of H-pyrrole nitrogens is 1. The van der Waals surface area contributed by atoms with E-state index in [4.69, 9.17) is 0 Å². The van der Waals surface area contributed by atoms with Crippen molar-refractivity contribution in [3.8, 4) is 0 Å². The second-order valence-corrected chi connectivity index (χ2v) is 11.7. The molecule has 2 aliphatic rings. The summed E-state index contributed by atoms with van der Waals surface area (Å²) >= 11 is 0. The van der Waals surface area contributed by atoms with Gasteiger partial charge in [-0.05, 0) is 35.7 Å². The molecule has 2 saturated heterocycles. The molecule has 229 valence electrons. The van der Waals surface area contributed by atoms with Crippen LogP contribution in [0.4, 0.5) is 0 Å².